The Kier molecular flexibility index (Phi) is 3.46. The lowest BCUT2D eigenvalue weighted by Crippen LogP contribution is -2.22. The highest BCUT2D eigenvalue weighted by molar-refractivity contribution is 5.80. The molecule has 5 nitrogen and oxygen atoms in total. The van der Waals surface area contributed by atoms with Crippen LogP contribution in [0.1, 0.15) is 41.8 Å². The van der Waals surface area contributed by atoms with Gasteiger partial charge in [-0.05, 0) is 61.3 Å². The molecule has 0 amide bonds. The van der Waals surface area contributed by atoms with E-state index >= 15 is 0 Å². The first-order valence-corrected chi connectivity index (χ1v) is 9.13. The minimum Gasteiger partial charge on any atom is -0.294 e. The van der Waals surface area contributed by atoms with Crippen LogP contribution in [0.5, 0.6) is 0 Å². The summed E-state index contributed by atoms with van der Waals surface area (Å²) in [6.07, 6.45) is 2.09. The first-order valence-electron chi connectivity index (χ1n) is 9.13. The van der Waals surface area contributed by atoms with Gasteiger partial charge in [-0.2, -0.15) is 5.10 Å². The standard InChI is InChI=1S/C21H26N4O/c1-11-8-12(2)16(15-10-21(4,5)9-14(11)15)19-22-17-13(3)23-25(7)18(17)20(26)24(19)6/h8H,9-10H2,1-7H3. The molecule has 0 aliphatic heterocycles. The van der Waals surface area contributed by atoms with Crippen LogP contribution >= 0.6 is 0 Å². The predicted octanol–water partition coefficient (Wildman–Crippen LogP) is 3.38. The number of hydrogen-bond acceptors (Lipinski definition) is 3. The van der Waals surface area contributed by atoms with Gasteiger partial charge in [0, 0.05) is 19.7 Å². The number of aryl methyl sites for hydroxylation is 4. The lowest BCUT2D eigenvalue weighted by molar-refractivity contribution is 0.392. The Morgan fingerprint density at radius 2 is 1.69 bits per heavy atom. The SMILES string of the molecule is Cc1cc(C)c(-c2nc3c(C)nn(C)c3c(=O)n2C)c2c1CC(C)(C)C2. The van der Waals surface area contributed by atoms with Crippen LogP contribution in [0.25, 0.3) is 22.4 Å². The van der Waals surface area contributed by atoms with Gasteiger partial charge in [0.15, 0.2) is 5.52 Å². The number of benzene rings is 1. The van der Waals surface area contributed by atoms with Gasteiger partial charge in [0.25, 0.3) is 5.56 Å². The summed E-state index contributed by atoms with van der Waals surface area (Å²) in [5, 5.41) is 4.40. The predicted molar refractivity (Wildman–Crippen MR) is 105 cm³/mol. The van der Waals surface area contributed by atoms with Gasteiger partial charge >= 0.3 is 0 Å². The maximum atomic E-state index is 13.0. The molecule has 136 valence electrons. The highest BCUT2D eigenvalue weighted by Gasteiger charge is 2.33. The molecule has 5 heteroatoms. The molecule has 2 heterocycles. The smallest absolute Gasteiger partial charge is 0.279 e. The van der Waals surface area contributed by atoms with Gasteiger partial charge in [-0.1, -0.05) is 19.9 Å². The van der Waals surface area contributed by atoms with Crippen molar-refractivity contribution >= 4 is 11.0 Å². The van der Waals surface area contributed by atoms with Gasteiger partial charge < -0.3 is 0 Å². The van der Waals surface area contributed by atoms with E-state index in [1.807, 2.05) is 14.0 Å². The minimum absolute atomic E-state index is 0.0425. The monoisotopic (exact) mass is 350 g/mol. The molecule has 0 saturated heterocycles. The maximum Gasteiger partial charge on any atom is 0.279 e. The molecule has 26 heavy (non-hydrogen) atoms. The average molecular weight is 350 g/mol. The number of aromatic nitrogens is 4. The van der Waals surface area contributed by atoms with E-state index in [1.165, 1.54) is 22.3 Å². The summed E-state index contributed by atoms with van der Waals surface area (Å²) in [7, 11) is 3.62. The Labute approximate surface area is 153 Å². The molecule has 0 spiro atoms. The fraction of sp³-hybridized carbons (Fsp3) is 0.476. The quantitative estimate of drug-likeness (QED) is 0.676. The molecular formula is C21H26N4O. The third kappa shape index (κ3) is 2.26. The second-order valence-electron chi connectivity index (χ2n) is 8.57. The van der Waals surface area contributed by atoms with Crippen LogP contribution < -0.4 is 5.56 Å². The van der Waals surface area contributed by atoms with Gasteiger partial charge in [-0.3, -0.25) is 14.0 Å². The topological polar surface area (TPSA) is 52.7 Å². The Morgan fingerprint density at radius 3 is 2.38 bits per heavy atom. The first-order chi connectivity index (χ1) is 12.1. The Morgan fingerprint density at radius 1 is 1.04 bits per heavy atom. The van der Waals surface area contributed by atoms with Crippen molar-refractivity contribution in [3.63, 3.8) is 0 Å². The molecule has 0 saturated carbocycles. The number of fused-ring (bicyclic) bond motifs is 2. The number of nitrogens with zero attached hydrogens (tertiary/aromatic N) is 4. The van der Waals surface area contributed by atoms with E-state index in [1.54, 1.807) is 16.3 Å². The molecule has 0 unspecified atom stereocenters. The molecular weight excluding hydrogens is 324 g/mol. The summed E-state index contributed by atoms with van der Waals surface area (Å²) in [5.74, 6) is 0.755. The average Bonchev–Trinajstić information content (AvgIpc) is 3.00. The molecule has 1 aromatic carbocycles. The molecule has 1 aliphatic carbocycles. The number of rotatable bonds is 1. The molecule has 3 aromatic rings. The molecule has 2 aromatic heterocycles. The van der Waals surface area contributed by atoms with Crippen LogP contribution in [0.15, 0.2) is 10.9 Å². The van der Waals surface area contributed by atoms with Crippen LogP contribution in [0.4, 0.5) is 0 Å². The fourth-order valence-corrected chi connectivity index (χ4v) is 4.56. The lowest BCUT2D eigenvalue weighted by Gasteiger charge is -2.17. The fourth-order valence-electron chi connectivity index (χ4n) is 4.56. The molecule has 1 aliphatic rings. The Balaban J connectivity index is 2.10. The van der Waals surface area contributed by atoms with E-state index in [0.29, 0.717) is 11.0 Å². The van der Waals surface area contributed by atoms with Crippen molar-refractivity contribution < 1.29 is 0 Å². The lowest BCUT2D eigenvalue weighted by atomic mass is 9.89. The molecule has 0 fully saturated rings. The van der Waals surface area contributed by atoms with Crippen molar-refractivity contribution in [2.75, 3.05) is 0 Å². The summed E-state index contributed by atoms with van der Waals surface area (Å²) in [5.41, 5.74) is 8.69. The van der Waals surface area contributed by atoms with Crippen molar-refractivity contribution in [2.24, 2.45) is 19.5 Å². The zero-order valence-electron chi connectivity index (χ0n) is 16.7. The van der Waals surface area contributed by atoms with Crippen molar-refractivity contribution in [1.82, 2.24) is 19.3 Å². The molecule has 0 atom stereocenters. The van der Waals surface area contributed by atoms with Gasteiger partial charge in [0.2, 0.25) is 0 Å². The summed E-state index contributed by atoms with van der Waals surface area (Å²) >= 11 is 0. The van der Waals surface area contributed by atoms with E-state index in [4.69, 9.17) is 4.98 Å². The van der Waals surface area contributed by atoms with Gasteiger partial charge in [-0.15, -0.1) is 0 Å². The van der Waals surface area contributed by atoms with Gasteiger partial charge in [-0.25, -0.2) is 4.98 Å². The van der Waals surface area contributed by atoms with Crippen LogP contribution in [0.2, 0.25) is 0 Å². The van der Waals surface area contributed by atoms with E-state index < -0.39 is 0 Å². The highest BCUT2D eigenvalue weighted by Crippen LogP contribution is 2.43. The zero-order chi connectivity index (χ0) is 19.0. The molecule has 4 rings (SSSR count). The van der Waals surface area contributed by atoms with Crippen molar-refractivity contribution in [2.45, 2.75) is 47.5 Å². The van der Waals surface area contributed by atoms with E-state index in [-0.39, 0.29) is 11.0 Å². The van der Waals surface area contributed by atoms with Crippen LogP contribution in [0.3, 0.4) is 0 Å². The Bertz CT molecular complexity index is 1130. The number of hydrogen-bond donors (Lipinski definition) is 0. The summed E-state index contributed by atoms with van der Waals surface area (Å²) < 4.78 is 3.33. The molecule has 0 N–H and O–H groups in total. The van der Waals surface area contributed by atoms with E-state index in [9.17, 15) is 4.79 Å². The van der Waals surface area contributed by atoms with Crippen LogP contribution in [-0.2, 0) is 26.9 Å². The summed E-state index contributed by atoms with van der Waals surface area (Å²) in [4.78, 5) is 17.9. The summed E-state index contributed by atoms with van der Waals surface area (Å²) in [6.45, 7) is 10.9. The second-order valence-corrected chi connectivity index (χ2v) is 8.57. The first kappa shape index (κ1) is 17.0. The zero-order valence-corrected chi connectivity index (χ0v) is 16.7. The van der Waals surface area contributed by atoms with Gasteiger partial charge in [0.1, 0.15) is 11.3 Å². The molecule has 0 radical (unpaired) electrons. The Hall–Kier alpha value is -2.43. The van der Waals surface area contributed by atoms with E-state index in [0.717, 1.165) is 29.9 Å². The normalized spacial score (nSPS) is 15.7. The van der Waals surface area contributed by atoms with Crippen LogP contribution in [0, 0.1) is 26.2 Å². The second kappa shape index (κ2) is 5.29. The highest BCUT2D eigenvalue weighted by atomic mass is 16.1. The third-order valence-electron chi connectivity index (χ3n) is 5.74. The van der Waals surface area contributed by atoms with Gasteiger partial charge in [0.05, 0.1) is 5.69 Å². The molecule has 0 bridgehead atoms. The minimum atomic E-state index is -0.0425. The third-order valence-corrected chi connectivity index (χ3v) is 5.74. The van der Waals surface area contributed by atoms with Crippen molar-refractivity contribution in [3.05, 3.63) is 44.4 Å². The summed E-state index contributed by atoms with van der Waals surface area (Å²) in [6, 6.07) is 2.24. The largest absolute Gasteiger partial charge is 0.294 e. The van der Waals surface area contributed by atoms with Crippen molar-refractivity contribution in [3.8, 4) is 11.4 Å². The van der Waals surface area contributed by atoms with Crippen molar-refractivity contribution in [1.29, 1.82) is 0 Å². The maximum absolute atomic E-state index is 13.0. The van der Waals surface area contributed by atoms with E-state index in [2.05, 4.69) is 38.9 Å². The van der Waals surface area contributed by atoms with Crippen LogP contribution in [-0.4, -0.2) is 19.3 Å².